The third-order valence-corrected chi connectivity index (χ3v) is 6.22. The number of tetrazole rings is 1. The first-order valence-electron chi connectivity index (χ1n) is 9.67. The summed E-state index contributed by atoms with van der Waals surface area (Å²) in [6.07, 6.45) is 8.28. The quantitative estimate of drug-likeness (QED) is 0.571. The molecule has 29 heavy (non-hydrogen) atoms. The molecule has 1 aliphatic heterocycles. The lowest BCUT2D eigenvalue weighted by atomic mass is 10.1. The van der Waals surface area contributed by atoms with Gasteiger partial charge in [-0.3, -0.25) is 4.79 Å². The van der Waals surface area contributed by atoms with Crippen molar-refractivity contribution in [2.45, 2.75) is 49.3 Å². The highest BCUT2D eigenvalue weighted by Gasteiger charge is 2.36. The fraction of sp³-hybridized carbons (Fsp3) is 0.421. The molecule has 2 aliphatic rings. The summed E-state index contributed by atoms with van der Waals surface area (Å²) in [5, 5.41) is 18.8. The maximum Gasteiger partial charge on any atom is 0.253 e. The smallest absolute Gasteiger partial charge is 0.253 e. The van der Waals surface area contributed by atoms with Gasteiger partial charge in [0.25, 0.3) is 5.91 Å². The van der Waals surface area contributed by atoms with Crippen LogP contribution in [0.2, 0.25) is 0 Å². The Hall–Kier alpha value is -2.88. The van der Waals surface area contributed by atoms with Gasteiger partial charge in [0.15, 0.2) is 0 Å². The van der Waals surface area contributed by atoms with Crippen LogP contribution in [0.25, 0.3) is 0 Å². The molecule has 3 aromatic rings. The average molecular weight is 412 g/mol. The predicted molar refractivity (Wildman–Crippen MR) is 104 cm³/mol. The number of hydrogen-bond donors (Lipinski definition) is 0. The summed E-state index contributed by atoms with van der Waals surface area (Å²) in [6.45, 7) is 0. The number of aromatic nitrogens is 4. The molecule has 1 unspecified atom stereocenters. The van der Waals surface area contributed by atoms with E-state index in [-0.39, 0.29) is 17.7 Å². The molecule has 1 amide bonds. The summed E-state index contributed by atoms with van der Waals surface area (Å²) in [4.78, 5) is 13.0. The van der Waals surface area contributed by atoms with Crippen LogP contribution in [0.15, 0.2) is 55.9 Å². The first-order valence-corrected chi connectivity index (χ1v) is 10.7. The van der Waals surface area contributed by atoms with Gasteiger partial charge >= 0.3 is 0 Å². The lowest BCUT2D eigenvalue weighted by Crippen LogP contribution is -2.28. The minimum Gasteiger partial charge on any atom is -0.467 e. The van der Waals surface area contributed by atoms with E-state index in [9.17, 15) is 4.79 Å². The van der Waals surface area contributed by atoms with E-state index < -0.39 is 0 Å². The molecule has 10 heteroatoms. The molecule has 9 nitrogen and oxygen atoms in total. The largest absolute Gasteiger partial charge is 0.467 e. The highest BCUT2D eigenvalue weighted by atomic mass is 32.2. The Morgan fingerprint density at radius 1 is 1.17 bits per heavy atom. The van der Waals surface area contributed by atoms with Gasteiger partial charge in [0.2, 0.25) is 5.16 Å². The molecule has 1 saturated carbocycles. The molecular weight excluding hydrogens is 392 g/mol. The first-order chi connectivity index (χ1) is 14.3. The Balaban J connectivity index is 1.32. The molecule has 150 valence electrons. The average Bonchev–Trinajstić information content (AvgIpc) is 3.56. The van der Waals surface area contributed by atoms with E-state index in [1.54, 1.807) is 12.5 Å². The molecule has 1 fully saturated rings. The van der Waals surface area contributed by atoms with Crippen molar-refractivity contribution in [3.63, 3.8) is 0 Å². The van der Waals surface area contributed by atoms with Gasteiger partial charge in [-0.2, -0.15) is 5.10 Å². The Kier molecular flexibility index (Phi) is 4.92. The second-order valence-corrected chi connectivity index (χ2v) is 8.07. The summed E-state index contributed by atoms with van der Waals surface area (Å²) >= 11 is 1.35. The molecule has 5 rings (SSSR count). The normalized spacial score (nSPS) is 19.8. The van der Waals surface area contributed by atoms with Crippen LogP contribution in [-0.4, -0.2) is 42.6 Å². The summed E-state index contributed by atoms with van der Waals surface area (Å²) < 4.78 is 12.9. The van der Waals surface area contributed by atoms with Crippen molar-refractivity contribution in [2.24, 2.45) is 5.10 Å². The van der Waals surface area contributed by atoms with Crippen molar-refractivity contribution in [3.8, 4) is 0 Å². The third kappa shape index (κ3) is 3.59. The number of carbonyl (C=O) groups excluding carboxylic acids is 1. The van der Waals surface area contributed by atoms with Crippen molar-refractivity contribution in [1.82, 2.24) is 25.2 Å². The molecule has 1 aliphatic carbocycles. The fourth-order valence-electron chi connectivity index (χ4n) is 3.89. The second kappa shape index (κ2) is 7.86. The molecular formula is C19H20N6O3S. The van der Waals surface area contributed by atoms with Crippen molar-refractivity contribution >= 4 is 23.4 Å². The number of thioether (sulfide) groups is 1. The predicted octanol–water partition coefficient (Wildman–Crippen LogP) is 3.44. The first kappa shape index (κ1) is 18.2. The lowest BCUT2D eigenvalue weighted by Gasteiger charge is -2.19. The maximum absolute atomic E-state index is 13.0. The van der Waals surface area contributed by atoms with Crippen LogP contribution in [0.3, 0.4) is 0 Å². The number of hydrogen-bond acceptors (Lipinski definition) is 8. The summed E-state index contributed by atoms with van der Waals surface area (Å²) in [6, 6.07) is 7.37. The van der Waals surface area contributed by atoms with Crippen molar-refractivity contribution < 1.29 is 13.6 Å². The minimum atomic E-state index is -0.288. The van der Waals surface area contributed by atoms with E-state index in [4.69, 9.17) is 8.83 Å². The SMILES string of the molecule is O=C(CSc1nnnn1C1CCCC1)N1N=C(c2ccco2)CC1c1ccco1. The van der Waals surface area contributed by atoms with Crippen molar-refractivity contribution in [1.29, 1.82) is 0 Å². The van der Waals surface area contributed by atoms with Gasteiger partial charge in [-0.15, -0.1) is 5.10 Å². The van der Waals surface area contributed by atoms with Crippen LogP contribution in [0.4, 0.5) is 0 Å². The number of carbonyl (C=O) groups is 1. The van der Waals surface area contributed by atoms with Crippen LogP contribution in [0.5, 0.6) is 0 Å². The summed E-state index contributed by atoms with van der Waals surface area (Å²) in [7, 11) is 0. The van der Waals surface area contributed by atoms with E-state index >= 15 is 0 Å². The number of rotatable bonds is 6. The zero-order valence-corrected chi connectivity index (χ0v) is 16.5. The highest BCUT2D eigenvalue weighted by Crippen LogP contribution is 2.35. The molecule has 0 spiro atoms. The molecule has 0 N–H and O–H groups in total. The molecule has 0 saturated heterocycles. The Bertz CT molecular complexity index is 991. The van der Waals surface area contributed by atoms with Crippen molar-refractivity contribution in [3.05, 3.63) is 48.3 Å². The van der Waals surface area contributed by atoms with Gasteiger partial charge in [0.05, 0.1) is 24.3 Å². The highest BCUT2D eigenvalue weighted by molar-refractivity contribution is 7.99. The Morgan fingerprint density at radius 2 is 2.00 bits per heavy atom. The van der Waals surface area contributed by atoms with Gasteiger partial charge in [-0.25, -0.2) is 9.69 Å². The van der Waals surface area contributed by atoms with Gasteiger partial charge < -0.3 is 8.83 Å². The Labute approximate surface area is 171 Å². The molecule has 0 radical (unpaired) electrons. The van der Waals surface area contributed by atoms with Gasteiger partial charge in [-0.1, -0.05) is 24.6 Å². The summed E-state index contributed by atoms with van der Waals surface area (Å²) in [5.74, 6) is 1.43. The second-order valence-electron chi connectivity index (χ2n) is 7.13. The van der Waals surface area contributed by atoms with Gasteiger partial charge in [0, 0.05) is 6.42 Å². The number of furan rings is 2. The standard InChI is InChI=1S/C19H20N6O3S/c26-18(12-29-19-20-22-23-24(19)13-5-1-2-6-13)25-15(17-8-4-10-28-17)11-14(21-25)16-7-3-9-27-16/h3-4,7-10,13,15H,1-2,5-6,11-12H2. The maximum atomic E-state index is 13.0. The van der Waals surface area contributed by atoms with Crippen LogP contribution in [0, 0.1) is 0 Å². The number of nitrogens with zero attached hydrogens (tertiary/aromatic N) is 6. The Morgan fingerprint density at radius 3 is 2.76 bits per heavy atom. The summed E-state index contributed by atoms with van der Waals surface area (Å²) in [5.41, 5.74) is 0.727. The van der Waals surface area contributed by atoms with Crippen LogP contribution in [0.1, 0.15) is 55.7 Å². The molecule has 0 aromatic carbocycles. The van der Waals surface area contributed by atoms with Crippen LogP contribution >= 0.6 is 11.8 Å². The fourth-order valence-corrected chi connectivity index (χ4v) is 4.68. The van der Waals surface area contributed by atoms with E-state index in [2.05, 4.69) is 20.6 Å². The van der Waals surface area contributed by atoms with E-state index in [0.29, 0.717) is 29.1 Å². The lowest BCUT2D eigenvalue weighted by molar-refractivity contribution is -0.130. The zero-order valence-electron chi connectivity index (χ0n) is 15.7. The molecule has 4 heterocycles. The van der Waals surface area contributed by atoms with Gasteiger partial charge in [-0.05, 0) is 47.5 Å². The van der Waals surface area contributed by atoms with Crippen LogP contribution in [-0.2, 0) is 4.79 Å². The third-order valence-electron chi connectivity index (χ3n) is 5.30. The molecule has 3 aromatic heterocycles. The number of hydrazone groups is 1. The van der Waals surface area contributed by atoms with E-state index in [0.717, 1.165) is 18.6 Å². The van der Waals surface area contributed by atoms with Gasteiger partial charge in [0.1, 0.15) is 23.3 Å². The van der Waals surface area contributed by atoms with E-state index in [1.807, 2.05) is 28.9 Å². The zero-order chi connectivity index (χ0) is 19.6. The molecule has 1 atom stereocenters. The van der Waals surface area contributed by atoms with E-state index in [1.165, 1.54) is 29.6 Å². The monoisotopic (exact) mass is 412 g/mol. The number of amides is 1. The van der Waals surface area contributed by atoms with Crippen LogP contribution < -0.4 is 0 Å². The van der Waals surface area contributed by atoms with Crippen molar-refractivity contribution in [2.75, 3.05) is 5.75 Å². The molecule has 0 bridgehead atoms. The topological polar surface area (TPSA) is 103 Å². The minimum absolute atomic E-state index is 0.126.